The number of carbonyl (C=O) groups is 1. The summed E-state index contributed by atoms with van der Waals surface area (Å²) in [6.07, 6.45) is 2.00. The predicted molar refractivity (Wildman–Crippen MR) is 119 cm³/mol. The Bertz CT molecular complexity index is 1250. The number of hydrogen-bond acceptors (Lipinski definition) is 5. The zero-order chi connectivity index (χ0) is 22.6. The van der Waals surface area contributed by atoms with E-state index in [2.05, 4.69) is 15.2 Å². The zero-order valence-corrected chi connectivity index (χ0v) is 18.0. The van der Waals surface area contributed by atoms with E-state index >= 15 is 0 Å². The molecule has 1 fully saturated rings. The highest BCUT2D eigenvalue weighted by atomic mass is 19.1. The summed E-state index contributed by atoms with van der Waals surface area (Å²) in [5.41, 5.74) is 3.45. The Morgan fingerprint density at radius 2 is 2.12 bits per heavy atom. The third-order valence-corrected chi connectivity index (χ3v) is 5.67. The highest BCUT2D eigenvalue weighted by Gasteiger charge is 2.27. The number of halogens is 1. The first-order valence-corrected chi connectivity index (χ1v) is 10.9. The SMILES string of the molecule is O=C(Cn1cnc2ccccc21)N1CCO[C@H](c2cc(CCOc3cccc(F)c3)[nH]n2)C1. The van der Waals surface area contributed by atoms with Crippen LogP contribution in [0.25, 0.3) is 11.0 Å². The van der Waals surface area contributed by atoms with Crippen LogP contribution in [0.2, 0.25) is 0 Å². The average Bonchev–Trinajstić information content (AvgIpc) is 3.47. The molecule has 9 heteroatoms. The van der Waals surface area contributed by atoms with E-state index in [1.54, 1.807) is 18.5 Å². The fourth-order valence-corrected chi connectivity index (χ4v) is 3.94. The Hall–Kier alpha value is -3.72. The van der Waals surface area contributed by atoms with Gasteiger partial charge in [-0.1, -0.05) is 18.2 Å². The van der Waals surface area contributed by atoms with Crippen molar-refractivity contribution in [2.45, 2.75) is 19.1 Å². The third-order valence-electron chi connectivity index (χ3n) is 5.67. The normalized spacial score (nSPS) is 16.3. The molecule has 0 unspecified atom stereocenters. The lowest BCUT2D eigenvalue weighted by molar-refractivity contribution is -0.139. The number of aromatic amines is 1. The first kappa shape index (κ1) is 21.1. The lowest BCUT2D eigenvalue weighted by Gasteiger charge is -2.32. The van der Waals surface area contributed by atoms with E-state index in [-0.39, 0.29) is 24.4 Å². The number of imidazole rings is 1. The summed E-state index contributed by atoms with van der Waals surface area (Å²) < 4.78 is 26.6. The largest absolute Gasteiger partial charge is 0.493 e. The van der Waals surface area contributed by atoms with Gasteiger partial charge in [0.05, 0.1) is 42.8 Å². The van der Waals surface area contributed by atoms with Gasteiger partial charge in [-0.15, -0.1) is 0 Å². The fourth-order valence-electron chi connectivity index (χ4n) is 3.94. The summed E-state index contributed by atoms with van der Waals surface area (Å²) in [5, 5.41) is 7.37. The number of nitrogens with one attached hydrogen (secondary N) is 1. The van der Waals surface area contributed by atoms with Gasteiger partial charge in [-0.05, 0) is 30.3 Å². The highest BCUT2D eigenvalue weighted by Crippen LogP contribution is 2.22. The summed E-state index contributed by atoms with van der Waals surface area (Å²) in [5.74, 6) is 0.182. The Balaban J connectivity index is 1.17. The highest BCUT2D eigenvalue weighted by molar-refractivity contribution is 5.80. The van der Waals surface area contributed by atoms with Gasteiger partial charge < -0.3 is 18.9 Å². The van der Waals surface area contributed by atoms with Crippen molar-refractivity contribution in [1.82, 2.24) is 24.6 Å². The number of para-hydroxylation sites is 2. The van der Waals surface area contributed by atoms with Crippen molar-refractivity contribution in [3.8, 4) is 5.75 Å². The van der Waals surface area contributed by atoms with Gasteiger partial charge in [0.25, 0.3) is 0 Å². The van der Waals surface area contributed by atoms with E-state index in [0.717, 1.165) is 22.4 Å². The van der Waals surface area contributed by atoms with Gasteiger partial charge in [-0.25, -0.2) is 9.37 Å². The van der Waals surface area contributed by atoms with Gasteiger partial charge in [-0.2, -0.15) is 5.10 Å². The molecule has 0 radical (unpaired) electrons. The van der Waals surface area contributed by atoms with Crippen molar-refractivity contribution < 1.29 is 18.7 Å². The number of ether oxygens (including phenoxy) is 2. The van der Waals surface area contributed by atoms with Crippen LogP contribution in [-0.2, 0) is 22.5 Å². The molecule has 33 heavy (non-hydrogen) atoms. The molecule has 1 aliphatic rings. The van der Waals surface area contributed by atoms with Gasteiger partial charge in [-0.3, -0.25) is 9.89 Å². The number of nitrogens with zero attached hydrogens (tertiary/aromatic N) is 4. The molecule has 2 aromatic heterocycles. The van der Waals surface area contributed by atoms with Crippen molar-refractivity contribution in [3.63, 3.8) is 0 Å². The Kier molecular flexibility index (Phi) is 6.03. The van der Waals surface area contributed by atoms with Crippen LogP contribution >= 0.6 is 0 Å². The first-order chi connectivity index (χ1) is 16.2. The number of rotatable bonds is 7. The molecule has 0 saturated carbocycles. The number of amides is 1. The van der Waals surface area contributed by atoms with Gasteiger partial charge in [0.2, 0.25) is 5.91 Å². The molecule has 4 aromatic rings. The van der Waals surface area contributed by atoms with E-state index in [1.807, 2.05) is 39.8 Å². The van der Waals surface area contributed by atoms with Crippen LogP contribution in [0.3, 0.4) is 0 Å². The third kappa shape index (κ3) is 4.88. The van der Waals surface area contributed by atoms with Crippen molar-refractivity contribution in [3.05, 3.63) is 78.1 Å². The molecule has 0 spiro atoms. The molecular formula is C24H24FN5O3. The average molecular weight is 449 g/mol. The summed E-state index contributed by atoms with van der Waals surface area (Å²) in [6, 6.07) is 15.7. The molecule has 1 aliphatic heterocycles. The molecule has 0 aliphatic carbocycles. The molecule has 2 aromatic carbocycles. The molecule has 3 heterocycles. The molecule has 1 N–H and O–H groups in total. The zero-order valence-electron chi connectivity index (χ0n) is 18.0. The lowest BCUT2D eigenvalue weighted by atomic mass is 10.2. The van der Waals surface area contributed by atoms with Gasteiger partial charge in [0.15, 0.2) is 0 Å². The molecule has 1 amide bonds. The van der Waals surface area contributed by atoms with E-state index in [9.17, 15) is 9.18 Å². The second kappa shape index (κ2) is 9.41. The van der Waals surface area contributed by atoms with Crippen molar-refractivity contribution in [2.75, 3.05) is 26.3 Å². The summed E-state index contributed by atoms with van der Waals surface area (Å²) in [7, 11) is 0. The van der Waals surface area contributed by atoms with Gasteiger partial charge >= 0.3 is 0 Å². The minimum absolute atomic E-state index is 0.0192. The van der Waals surface area contributed by atoms with Gasteiger partial charge in [0, 0.05) is 24.7 Å². The quantitative estimate of drug-likeness (QED) is 0.469. The second-order valence-corrected chi connectivity index (χ2v) is 7.93. The van der Waals surface area contributed by atoms with Crippen LogP contribution in [-0.4, -0.2) is 56.9 Å². The van der Waals surface area contributed by atoms with Crippen LogP contribution < -0.4 is 4.74 Å². The van der Waals surface area contributed by atoms with Crippen LogP contribution in [0, 0.1) is 5.82 Å². The summed E-state index contributed by atoms with van der Waals surface area (Å²) in [4.78, 5) is 19.1. The lowest BCUT2D eigenvalue weighted by Crippen LogP contribution is -2.43. The molecular weight excluding hydrogens is 425 g/mol. The van der Waals surface area contributed by atoms with Crippen LogP contribution in [0.4, 0.5) is 4.39 Å². The minimum Gasteiger partial charge on any atom is -0.493 e. The number of benzene rings is 2. The van der Waals surface area contributed by atoms with Crippen LogP contribution in [0.5, 0.6) is 5.75 Å². The molecule has 1 atom stereocenters. The van der Waals surface area contributed by atoms with E-state index in [1.165, 1.54) is 12.1 Å². The molecule has 170 valence electrons. The standard InChI is InChI=1S/C24H24FN5O3/c25-17-4-3-5-19(12-17)32-10-8-18-13-21(28-27-18)23-14-29(9-11-33-23)24(31)15-30-16-26-20-6-1-2-7-22(20)30/h1-7,12-13,16,23H,8-11,14-15H2,(H,27,28)/t23-/m0/s1. The maximum atomic E-state index is 13.2. The van der Waals surface area contributed by atoms with Crippen molar-refractivity contribution >= 4 is 16.9 Å². The first-order valence-electron chi connectivity index (χ1n) is 10.9. The van der Waals surface area contributed by atoms with E-state index in [0.29, 0.717) is 38.5 Å². The van der Waals surface area contributed by atoms with E-state index in [4.69, 9.17) is 9.47 Å². The Morgan fingerprint density at radius 1 is 1.21 bits per heavy atom. The van der Waals surface area contributed by atoms with E-state index < -0.39 is 0 Å². The van der Waals surface area contributed by atoms with Gasteiger partial charge in [0.1, 0.15) is 24.2 Å². The van der Waals surface area contributed by atoms with Crippen LogP contribution in [0.15, 0.2) is 60.9 Å². The molecule has 5 rings (SSSR count). The molecule has 0 bridgehead atoms. The number of fused-ring (bicyclic) bond motifs is 1. The molecule has 1 saturated heterocycles. The smallest absolute Gasteiger partial charge is 0.242 e. The monoisotopic (exact) mass is 449 g/mol. The number of hydrogen-bond donors (Lipinski definition) is 1. The summed E-state index contributed by atoms with van der Waals surface area (Å²) in [6.45, 7) is 2.05. The Morgan fingerprint density at radius 3 is 3.03 bits per heavy atom. The van der Waals surface area contributed by atoms with Crippen molar-refractivity contribution in [1.29, 1.82) is 0 Å². The number of aromatic nitrogens is 4. The maximum Gasteiger partial charge on any atom is 0.242 e. The second-order valence-electron chi connectivity index (χ2n) is 7.93. The number of H-pyrrole nitrogens is 1. The predicted octanol–water partition coefficient (Wildman–Crippen LogP) is 3.12. The number of carbonyl (C=O) groups excluding carboxylic acids is 1. The maximum absolute atomic E-state index is 13.2. The van der Waals surface area contributed by atoms with Crippen LogP contribution in [0.1, 0.15) is 17.5 Å². The minimum atomic E-state index is -0.328. The topological polar surface area (TPSA) is 85.3 Å². The molecule has 8 nitrogen and oxygen atoms in total. The van der Waals surface area contributed by atoms with Crippen molar-refractivity contribution in [2.24, 2.45) is 0 Å². The number of morpholine rings is 1. The Labute approximate surface area is 189 Å². The fraction of sp³-hybridized carbons (Fsp3) is 0.292. The summed E-state index contributed by atoms with van der Waals surface area (Å²) >= 11 is 0.